The molecule has 2 rings (SSSR count). The number of hydrogen-bond donors (Lipinski definition) is 2. The zero-order valence-electron chi connectivity index (χ0n) is 15.6. The van der Waals surface area contributed by atoms with Crippen LogP contribution in [-0.2, 0) is 0 Å². The predicted molar refractivity (Wildman–Crippen MR) is 115 cm³/mol. The van der Waals surface area contributed by atoms with E-state index in [0.29, 0.717) is 18.3 Å². The zero-order chi connectivity index (χ0) is 19.1. The maximum absolute atomic E-state index is 5.70. The SMILES string of the molecule is CCOc1ccc(C(C)NC(=S)Nc2ccc(Br)c(C)c2)cc1OCC. The fourth-order valence-electron chi connectivity index (χ4n) is 2.51. The second-order valence-corrected chi connectivity index (χ2v) is 7.12. The van der Waals surface area contributed by atoms with Gasteiger partial charge in [0.05, 0.1) is 19.3 Å². The minimum Gasteiger partial charge on any atom is -0.490 e. The van der Waals surface area contributed by atoms with Gasteiger partial charge in [-0.1, -0.05) is 22.0 Å². The summed E-state index contributed by atoms with van der Waals surface area (Å²) in [6.07, 6.45) is 0. The minimum absolute atomic E-state index is 0.0291. The normalized spacial score (nSPS) is 11.6. The van der Waals surface area contributed by atoms with Gasteiger partial charge in [-0.05, 0) is 81.4 Å². The van der Waals surface area contributed by atoms with Crippen molar-refractivity contribution in [1.29, 1.82) is 0 Å². The molecule has 0 fully saturated rings. The Kier molecular flexibility index (Phi) is 7.72. The summed E-state index contributed by atoms with van der Waals surface area (Å²) in [6, 6.07) is 12.0. The Morgan fingerprint density at radius 2 is 1.77 bits per heavy atom. The molecule has 2 aromatic rings. The Labute approximate surface area is 169 Å². The minimum atomic E-state index is 0.0291. The predicted octanol–water partition coefficient (Wildman–Crippen LogP) is 5.60. The van der Waals surface area contributed by atoms with E-state index in [4.69, 9.17) is 21.7 Å². The van der Waals surface area contributed by atoms with Gasteiger partial charge in [-0.15, -0.1) is 0 Å². The van der Waals surface area contributed by atoms with Crippen molar-refractivity contribution in [2.24, 2.45) is 0 Å². The molecule has 2 aromatic carbocycles. The molecule has 0 spiro atoms. The van der Waals surface area contributed by atoms with Crippen LogP contribution in [0.25, 0.3) is 0 Å². The molecule has 0 bridgehead atoms. The summed E-state index contributed by atoms with van der Waals surface area (Å²) in [5.74, 6) is 1.51. The third-order valence-electron chi connectivity index (χ3n) is 3.83. The zero-order valence-corrected chi connectivity index (χ0v) is 18.0. The monoisotopic (exact) mass is 436 g/mol. The standard InChI is InChI=1S/C20H25BrN2O2S/c1-5-24-18-10-7-15(12-19(18)25-6-2)14(4)22-20(26)23-16-8-9-17(21)13(3)11-16/h7-12,14H,5-6H2,1-4H3,(H2,22,23,26). The van der Waals surface area contributed by atoms with Gasteiger partial charge in [0.1, 0.15) is 0 Å². The van der Waals surface area contributed by atoms with E-state index >= 15 is 0 Å². The molecule has 140 valence electrons. The molecule has 0 aliphatic heterocycles. The van der Waals surface area contributed by atoms with Gasteiger partial charge in [0.15, 0.2) is 16.6 Å². The van der Waals surface area contributed by atoms with Crippen molar-refractivity contribution in [1.82, 2.24) is 5.32 Å². The van der Waals surface area contributed by atoms with Gasteiger partial charge in [0, 0.05) is 10.2 Å². The number of ether oxygens (including phenoxy) is 2. The number of anilines is 1. The molecule has 6 heteroatoms. The van der Waals surface area contributed by atoms with Crippen LogP contribution in [0.15, 0.2) is 40.9 Å². The Balaban J connectivity index is 2.05. The van der Waals surface area contributed by atoms with Gasteiger partial charge < -0.3 is 20.1 Å². The number of thiocarbonyl (C=S) groups is 1. The van der Waals surface area contributed by atoms with E-state index in [0.717, 1.165) is 32.8 Å². The smallest absolute Gasteiger partial charge is 0.171 e. The molecule has 0 heterocycles. The Morgan fingerprint density at radius 1 is 1.08 bits per heavy atom. The van der Waals surface area contributed by atoms with Gasteiger partial charge in [-0.25, -0.2) is 0 Å². The second kappa shape index (κ2) is 9.78. The number of benzene rings is 2. The molecule has 0 aliphatic carbocycles. The molecule has 0 saturated heterocycles. The van der Waals surface area contributed by atoms with Crippen LogP contribution in [0.3, 0.4) is 0 Å². The lowest BCUT2D eigenvalue weighted by molar-refractivity contribution is 0.287. The van der Waals surface area contributed by atoms with Crippen LogP contribution in [0.1, 0.15) is 37.9 Å². The van der Waals surface area contributed by atoms with Crippen LogP contribution in [0.5, 0.6) is 11.5 Å². The van der Waals surface area contributed by atoms with Crippen molar-refractivity contribution in [2.45, 2.75) is 33.7 Å². The van der Waals surface area contributed by atoms with Crippen molar-refractivity contribution in [3.05, 3.63) is 52.0 Å². The molecule has 0 saturated carbocycles. The quantitative estimate of drug-likeness (QED) is 0.552. The number of halogens is 1. The molecule has 26 heavy (non-hydrogen) atoms. The second-order valence-electron chi connectivity index (χ2n) is 5.86. The van der Waals surface area contributed by atoms with Crippen molar-refractivity contribution < 1.29 is 9.47 Å². The van der Waals surface area contributed by atoms with Gasteiger partial charge in [-0.2, -0.15) is 0 Å². The highest BCUT2D eigenvalue weighted by Gasteiger charge is 2.12. The first-order chi connectivity index (χ1) is 12.4. The third-order valence-corrected chi connectivity index (χ3v) is 4.94. The van der Waals surface area contributed by atoms with Crippen LogP contribution in [-0.4, -0.2) is 18.3 Å². The number of aryl methyl sites for hydroxylation is 1. The van der Waals surface area contributed by atoms with E-state index in [1.807, 2.05) is 57.2 Å². The van der Waals surface area contributed by atoms with Gasteiger partial charge in [-0.3, -0.25) is 0 Å². The maximum Gasteiger partial charge on any atom is 0.171 e. The summed E-state index contributed by atoms with van der Waals surface area (Å²) in [5, 5.41) is 7.11. The highest BCUT2D eigenvalue weighted by Crippen LogP contribution is 2.30. The number of rotatable bonds is 7. The summed E-state index contributed by atoms with van der Waals surface area (Å²) in [6.45, 7) is 9.23. The van der Waals surface area contributed by atoms with Crippen LogP contribution in [0, 0.1) is 6.92 Å². The Bertz CT molecular complexity index is 767. The summed E-state index contributed by atoms with van der Waals surface area (Å²) in [7, 11) is 0. The molecule has 0 aromatic heterocycles. The Morgan fingerprint density at radius 3 is 2.42 bits per heavy atom. The molecule has 0 aliphatic rings. The third kappa shape index (κ3) is 5.61. The van der Waals surface area contributed by atoms with E-state index in [1.54, 1.807) is 0 Å². The summed E-state index contributed by atoms with van der Waals surface area (Å²) in [4.78, 5) is 0. The van der Waals surface area contributed by atoms with E-state index in [9.17, 15) is 0 Å². The molecular formula is C20H25BrN2O2S. The molecular weight excluding hydrogens is 412 g/mol. The van der Waals surface area contributed by atoms with E-state index in [-0.39, 0.29) is 6.04 Å². The maximum atomic E-state index is 5.70. The summed E-state index contributed by atoms with van der Waals surface area (Å²) in [5.41, 5.74) is 3.18. The number of hydrogen-bond acceptors (Lipinski definition) is 3. The van der Waals surface area contributed by atoms with E-state index in [1.165, 1.54) is 0 Å². The topological polar surface area (TPSA) is 42.5 Å². The lowest BCUT2D eigenvalue weighted by Crippen LogP contribution is -2.30. The van der Waals surface area contributed by atoms with Crippen molar-refractivity contribution >= 4 is 38.9 Å². The van der Waals surface area contributed by atoms with Crippen LogP contribution < -0.4 is 20.1 Å². The first-order valence-electron chi connectivity index (χ1n) is 8.67. The average molecular weight is 437 g/mol. The van der Waals surface area contributed by atoms with E-state index < -0.39 is 0 Å². The van der Waals surface area contributed by atoms with E-state index in [2.05, 4.69) is 33.5 Å². The van der Waals surface area contributed by atoms with Crippen molar-refractivity contribution in [2.75, 3.05) is 18.5 Å². The summed E-state index contributed by atoms with van der Waals surface area (Å²) < 4.78 is 12.4. The Hall–Kier alpha value is -1.79. The lowest BCUT2D eigenvalue weighted by atomic mass is 10.1. The van der Waals surface area contributed by atoms with Crippen molar-refractivity contribution in [3.8, 4) is 11.5 Å². The highest BCUT2D eigenvalue weighted by molar-refractivity contribution is 9.10. The lowest BCUT2D eigenvalue weighted by Gasteiger charge is -2.19. The largest absolute Gasteiger partial charge is 0.490 e. The van der Waals surface area contributed by atoms with Gasteiger partial charge in [0.25, 0.3) is 0 Å². The molecule has 0 amide bonds. The molecule has 1 atom stereocenters. The molecule has 4 nitrogen and oxygen atoms in total. The first kappa shape index (κ1) is 20.5. The van der Waals surface area contributed by atoms with Crippen molar-refractivity contribution in [3.63, 3.8) is 0 Å². The van der Waals surface area contributed by atoms with Gasteiger partial charge >= 0.3 is 0 Å². The average Bonchev–Trinajstić information content (AvgIpc) is 2.60. The van der Waals surface area contributed by atoms with Crippen LogP contribution in [0.4, 0.5) is 5.69 Å². The van der Waals surface area contributed by atoms with Gasteiger partial charge in [0.2, 0.25) is 0 Å². The first-order valence-corrected chi connectivity index (χ1v) is 9.87. The fraction of sp³-hybridized carbons (Fsp3) is 0.350. The number of nitrogens with one attached hydrogen (secondary N) is 2. The molecule has 0 radical (unpaired) electrons. The fourth-order valence-corrected chi connectivity index (χ4v) is 3.05. The molecule has 1 unspecified atom stereocenters. The van der Waals surface area contributed by atoms with Crippen LogP contribution in [0.2, 0.25) is 0 Å². The van der Waals surface area contributed by atoms with Crippen LogP contribution >= 0.6 is 28.1 Å². The highest BCUT2D eigenvalue weighted by atomic mass is 79.9. The summed E-state index contributed by atoms with van der Waals surface area (Å²) >= 11 is 8.95. The molecule has 2 N–H and O–H groups in total.